The molecule has 1 aromatic carbocycles. The molecule has 98 valence electrons. The van der Waals surface area contributed by atoms with Crippen molar-refractivity contribution in [3.8, 4) is 0 Å². The monoisotopic (exact) mass is 247 g/mol. The number of hydrogen-bond donors (Lipinski definition) is 1. The third kappa shape index (κ3) is 2.72. The van der Waals surface area contributed by atoms with Crippen molar-refractivity contribution in [3.63, 3.8) is 0 Å². The predicted octanol–water partition coefficient (Wildman–Crippen LogP) is 2.72. The van der Waals surface area contributed by atoms with E-state index in [-0.39, 0.29) is 0 Å². The molecule has 0 saturated carbocycles. The van der Waals surface area contributed by atoms with E-state index in [1.807, 2.05) is 24.3 Å². The number of likely N-dealkylation sites (tertiary alicyclic amines) is 1. The topological polar surface area (TPSA) is 40.5 Å². The van der Waals surface area contributed by atoms with Gasteiger partial charge in [-0.3, -0.25) is 9.69 Å². The van der Waals surface area contributed by atoms with E-state index in [0.717, 1.165) is 31.5 Å². The van der Waals surface area contributed by atoms with Crippen LogP contribution in [0.5, 0.6) is 0 Å². The van der Waals surface area contributed by atoms with Gasteiger partial charge in [0.05, 0.1) is 0 Å². The van der Waals surface area contributed by atoms with Crippen LogP contribution in [-0.2, 0) is 11.2 Å². The minimum absolute atomic E-state index is 0.485. The van der Waals surface area contributed by atoms with E-state index < -0.39 is 12.0 Å². The Bertz CT molecular complexity index is 413. The quantitative estimate of drug-likeness (QED) is 0.889. The predicted molar refractivity (Wildman–Crippen MR) is 71.6 cm³/mol. The Morgan fingerprint density at radius 3 is 2.56 bits per heavy atom. The smallest absolute Gasteiger partial charge is 0.325 e. The lowest BCUT2D eigenvalue weighted by Crippen LogP contribution is -2.32. The molecule has 2 atom stereocenters. The summed E-state index contributed by atoms with van der Waals surface area (Å²) in [6, 6.07) is 7.50. The third-order valence-corrected chi connectivity index (χ3v) is 3.76. The zero-order chi connectivity index (χ0) is 13.1. The van der Waals surface area contributed by atoms with Crippen molar-refractivity contribution < 1.29 is 9.90 Å². The fraction of sp³-hybridized carbons (Fsp3) is 0.533. The normalized spacial score (nSPS) is 22.0. The molecule has 18 heavy (non-hydrogen) atoms. The Labute approximate surface area is 108 Å². The van der Waals surface area contributed by atoms with Gasteiger partial charge < -0.3 is 5.11 Å². The molecule has 1 saturated heterocycles. The Balaban J connectivity index is 2.21. The Kier molecular flexibility index (Phi) is 4.02. The zero-order valence-electron chi connectivity index (χ0n) is 11.1. The summed E-state index contributed by atoms with van der Waals surface area (Å²) in [6.45, 7) is 6.05. The first kappa shape index (κ1) is 13.1. The second-order valence-electron chi connectivity index (χ2n) is 5.22. The van der Waals surface area contributed by atoms with Crippen LogP contribution in [0.4, 0.5) is 0 Å². The summed E-state index contributed by atoms with van der Waals surface area (Å²) >= 11 is 0. The summed E-state index contributed by atoms with van der Waals surface area (Å²) in [5.41, 5.74) is 2.14. The number of carboxylic acid groups (broad SMARTS) is 1. The van der Waals surface area contributed by atoms with Gasteiger partial charge >= 0.3 is 5.97 Å². The van der Waals surface area contributed by atoms with Crippen LogP contribution < -0.4 is 0 Å². The van der Waals surface area contributed by atoms with Crippen LogP contribution >= 0.6 is 0 Å². The average molecular weight is 247 g/mol. The van der Waals surface area contributed by atoms with Gasteiger partial charge in [-0.15, -0.1) is 0 Å². The van der Waals surface area contributed by atoms with Crippen molar-refractivity contribution in [1.82, 2.24) is 4.90 Å². The maximum Gasteiger partial charge on any atom is 0.325 e. The fourth-order valence-corrected chi connectivity index (χ4v) is 2.65. The number of benzene rings is 1. The zero-order valence-corrected chi connectivity index (χ0v) is 11.1. The van der Waals surface area contributed by atoms with Crippen LogP contribution in [0, 0.1) is 5.92 Å². The van der Waals surface area contributed by atoms with E-state index in [4.69, 9.17) is 0 Å². The Morgan fingerprint density at radius 2 is 2.11 bits per heavy atom. The molecule has 1 unspecified atom stereocenters. The lowest BCUT2D eigenvalue weighted by molar-refractivity contribution is -0.143. The van der Waals surface area contributed by atoms with Crippen molar-refractivity contribution in [2.75, 3.05) is 13.1 Å². The molecular formula is C15H21NO2. The molecule has 3 nitrogen and oxygen atoms in total. The number of rotatable bonds is 4. The molecule has 1 aromatic rings. The highest BCUT2D eigenvalue weighted by Crippen LogP contribution is 2.28. The summed E-state index contributed by atoms with van der Waals surface area (Å²) in [6.07, 6.45) is 2.08. The summed E-state index contributed by atoms with van der Waals surface area (Å²) < 4.78 is 0. The molecule has 1 heterocycles. The molecule has 1 aliphatic heterocycles. The third-order valence-electron chi connectivity index (χ3n) is 3.76. The van der Waals surface area contributed by atoms with Gasteiger partial charge in [-0.25, -0.2) is 0 Å². The fourth-order valence-electron chi connectivity index (χ4n) is 2.65. The molecule has 1 N–H and O–H groups in total. The van der Waals surface area contributed by atoms with Crippen molar-refractivity contribution >= 4 is 5.97 Å². The summed E-state index contributed by atoms with van der Waals surface area (Å²) in [5.74, 6) is -0.143. The Morgan fingerprint density at radius 1 is 1.44 bits per heavy atom. The number of aryl methyl sites for hydroxylation is 1. The highest BCUT2D eigenvalue weighted by Gasteiger charge is 2.31. The molecule has 0 radical (unpaired) electrons. The van der Waals surface area contributed by atoms with Crippen molar-refractivity contribution in [2.24, 2.45) is 5.92 Å². The summed E-state index contributed by atoms with van der Waals surface area (Å²) in [4.78, 5) is 13.6. The lowest BCUT2D eigenvalue weighted by atomic mass is 10.0. The molecule has 0 aliphatic carbocycles. The second-order valence-corrected chi connectivity index (χ2v) is 5.22. The first-order valence-corrected chi connectivity index (χ1v) is 6.67. The molecule has 1 fully saturated rings. The first-order valence-electron chi connectivity index (χ1n) is 6.67. The second kappa shape index (κ2) is 5.53. The maximum absolute atomic E-state index is 11.5. The highest BCUT2D eigenvalue weighted by atomic mass is 16.4. The van der Waals surface area contributed by atoms with Gasteiger partial charge in [0.1, 0.15) is 6.04 Å². The van der Waals surface area contributed by atoms with E-state index >= 15 is 0 Å². The van der Waals surface area contributed by atoms with E-state index in [1.165, 1.54) is 5.56 Å². The van der Waals surface area contributed by atoms with Gasteiger partial charge in [0.25, 0.3) is 0 Å². The van der Waals surface area contributed by atoms with Crippen LogP contribution in [0.2, 0.25) is 0 Å². The molecule has 2 rings (SSSR count). The van der Waals surface area contributed by atoms with Gasteiger partial charge in [0.15, 0.2) is 0 Å². The standard InChI is InChI=1S/C15H21NO2/c1-3-12-4-6-13(7-5-12)14(15(17)18)16-9-8-11(2)10-16/h4-7,11,14H,3,8-10H2,1-2H3,(H,17,18)/t11-,14?/m1/s1. The first-order chi connectivity index (χ1) is 8.61. The SMILES string of the molecule is CCc1ccc(C(C(=O)O)N2CC[C@@H](C)C2)cc1. The number of aliphatic carboxylic acids is 1. The Hall–Kier alpha value is -1.35. The van der Waals surface area contributed by atoms with Gasteiger partial charge in [-0.05, 0) is 36.4 Å². The molecule has 1 aliphatic rings. The van der Waals surface area contributed by atoms with Gasteiger partial charge in [0, 0.05) is 6.54 Å². The van der Waals surface area contributed by atoms with Crippen molar-refractivity contribution in [1.29, 1.82) is 0 Å². The van der Waals surface area contributed by atoms with E-state index in [9.17, 15) is 9.90 Å². The molecular weight excluding hydrogens is 226 g/mol. The maximum atomic E-state index is 11.5. The van der Waals surface area contributed by atoms with Gasteiger partial charge in [-0.2, -0.15) is 0 Å². The van der Waals surface area contributed by atoms with Crippen LogP contribution in [0.15, 0.2) is 24.3 Å². The molecule has 3 heteroatoms. The van der Waals surface area contributed by atoms with E-state index in [1.54, 1.807) is 0 Å². The lowest BCUT2D eigenvalue weighted by Gasteiger charge is -2.24. The summed E-state index contributed by atoms with van der Waals surface area (Å²) in [7, 11) is 0. The van der Waals surface area contributed by atoms with E-state index in [0.29, 0.717) is 5.92 Å². The van der Waals surface area contributed by atoms with Crippen LogP contribution in [0.1, 0.15) is 37.4 Å². The summed E-state index contributed by atoms with van der Waals surface area (Å²) in [5, 5.41) is 9.46. The van der Waals surface area contributed by atoms with E-state index in [2.05, 4.69) is 18.7 Å². The highest BCUT2D eigenvalue weighted by molar-refractivity contribution is 5.75. The minimum Gasteiger partial charge on any atom is -0.480 e. The van der Waals surface area contributed by atoms with Crippen LogP contribution in [-0.4, -0.2) is 29.1 Å². The average Bonchev–Trinajstić information content (AvgIpc) is 2.76. The molecule has 0 spiro atoms. The van der Waals surface area contributed by atoms with Crippen LogP contribution in [0.25, 0.3) is 0 Å². The molecule has 0 aromatic heterocycles. The number of carboxylic acids is 1. The van der Waals surface area contributed by atoms with Gasteiger partial charge in [-0.1, -0.05) is 38.1 Å². The number of carbonyl (C=O) groups is 1. The number of hydrogen-bond acceptors (Lipinski definition) is 2. The number of nitrogens with zero attached hydrogens (tertiary/aromatic N) is 1. The molecule has 0 amide bonds. The molecule has 0 bridgehead atoms. The largest absolute Gasteiger partial charge is 0.480 e. The van der Waals surface area contributed by atoms with Gasteiger partial charge in [0.2, 0.25) is 0 Å². The van der Waals surface area contributed by atoms with Crippen molar-refractivity contribution in [2.45, 2.75) is 32.7 Å². The minimum atomic E-state index is -0.742. The van der Waals surface area contributed by atoms with Crippen molar-refractivity contribution in [3.05, 3.63) is 35.4 Å². The van der Waals surface area contributed by atoms with Crippen LogP contribution in [0.3, 0.4) is 0 Å².